The molecule has 1 aliphatic carbocycles. The highest BCUT2D eigenvalue weighted by molar-refractivity contribution is 5.57. The first-order valence-corrected chi connectivity index (χ1v) is 8.43. The van der Waals surface area contributed by atoms with Crippen LogP contribution in [-0.2, 0) is 12.8 Å². The van der Waals surface area contributed by atoms with Crippen LogP contribution in [0.25, 0.3) is 0 Å². The lowest BCUT2D eigenvalue weighted by Crippen LogP contribution is -2.30. The van der Waals surface area contributed by atoms with E-state index in [1.54, 1.807) is 0 Å². The van der Waals surface area contributed by atoms with Crippen LogP contribution < -0.4 is 10.6 Å². The van der Waals surface area contributed by atoms with Crippen molar-refractivity contribution in [3.8, 4) is 0 Å². The molecule has 0 bridgehead atoms. The summed E-state index contributed by atoms with van der Waals surface area (Å²) < 4.78 is 0. The van der Waals surface area contributed by atoms with E-state index in [0.29, 0.717) is 6.04 Å². The molecule has 3 rings (SSSR count). The molecule has 1 aromatic rings. The molecule has 1 heterocycles. The molecule has 1 fully saturated rings. The zero-order valence-corrected chi connectivity index (χ0v) is 12.8. The van der Waals surface area contributed by atoms with Gasteiger partial charge in [-0.05, 0) is 56.3 Å². The van der Waals surface area contributed by atoms with E-state index >= 15 is 0 Å². The second-order valence-electron chi connectivity index (χ2n) is 6.63. The van der Waals surface area contributed by atoms with E-state index in [-0.39, 0.29) is 0 Å². The van der Waals surface area contributed by atoms with Crippen molar-refractivity contribution in [1.29, 1.82) is 0 Å². The minimum atomic E-state index is 0.601. The fourth-order valence-electron chi connectivity index (χ4n) is 3.66. The van der Waals surface area contributed by atoms with Gasteiger partial charge in [-0.25, -0.2) is 0 Å². The summed E-state index contributed by atoms with van der Waals surface area (Å²) in [5.41, 5.74) is 4.34. The van der Waals surface area contributed by atoms with Crippen molar-refractivity contribution in [3.63, 3.8) is 0 Å². The molecular formula is C18H28N2. The third-order valence-electron chi connectivity index (χ3n) is 4.80. The smallest absolute Gasteiger partial charge is 0.0375 e. The highest BCUT2D eigenvalue weighted by atomic mass is 14.9. The first kappa shape index (κ1) is 13.9. The number of benzene rings is 1. The van der Waals surface area contributed by atoms with Gasteiger partial charge in [-0.2, -0.15) is 0 Å². The maximum absolute atomic E-state index is 3.77. The van der Waals surface area contributed by atoms with Crippen molar-refractivity contribution in [1.82, 2.24) is 5.32 Å². The van der Waals surface area contributed by atoms with Gasteiger partial charge < -0.3 is 10.6 Å². The normalized spacial score (nSPS) is 23.1. The predicted molar refractivity (Wildman–Crippen MR) is 86.4 cm³/mol. The molecule has 1 aromatic carbocycles. The SMILES string of the molecule is CC1Cc2cc(CCNC3CCCCCC3)ccc2N1. The van der Waals surface area contributed by atoms with Gasteiger partial charge in [0.25, 0.3) is 0 Å². The second kappa shape index (κ2) is 6.62. The van der Waals surface area contributed by atoms with Crippen molar-refractivity contribution in [2.45, 2.75) is 70.4 Å². The first-order chi connectivity index (χ1) is 9.81. The molecule has 2 nitrogen and oxygen atoms in total. The van der Waals surface area contributed by atoms with E-state index in [2.05, 4.69) is 35.8 Å². The Morgan fingerprint density at radius 3 is 2.75 bits per heavy atom. The monoisotopic (exact) mass is 272 g/mol. The van der Waals surface area contributed by atoms with Crippen LogP contribution in [0.1, 0.15) is 56.6 Å². The Labute approximate surface area is 123 Å². The molecule has 2 N–H and O–H groups in total. The van der Waals surface area contributed by atoms with Gasteiger partial charge in [-0.15, -0.1) is 0 Å². The summed E-state index contributed by atoms with van der Waals surface area (Å²) in [7, 11) is 0. The number of rotatable bonds is 4. The maximum Gasteiger partial charge on any atom is 0.0375 e. The molecule has 2 aliphatic rings. The van der Waals surface area contributed by atoms with E-state index in [0.717, 1.165) is 19.0 Å². The lowest BCUT2D eigenvalue weighted by molar-refractivity contribution is 0.463. The average Bonchev–Trinajstić information content (AvgIpc) is 2.63. The Bertz CT molecular complexity index is 433. The van der Waals surface area contributed by atoms with E-state index in [1.807, 2.05) is 0 Å². The Morgan fingerprint density at radius 1 is 1.15 bits per heavy atom. The molecular weight excluding hydrogens is 244 g/mol. The fraction of sp³-hybridized carbons (Fsp3) is 0.667. The van der Waals surface area contributed by atoms with E-state index in [4.69, 9.17) is 0 Å². The minimum absolute atomic E-state index is 0.601. The average molecular weight is 272 g/mol. The molecule has 1 saturated carbocycles. The van der Waals surface area contributed by atoms with Crippen LogP contribution >= 0.6 is 0 Å². The van der Waals surface area contributed by atoms with Crippen molar-refractivity contribution in [3.05, 3.63) is 29.3 Å². The number of fused-ring (bicyclic) bond motifs is 1. The predicted octanol–water partition coefficient (Wildman–Crippen LogP) is 3.90. The topological polar surface area (TPSA) is 24.1 Å². The van der Waals surface area contributed by atoms with Crippen LogP contribution in [0.2, 0.25) is 0 Å². The molecule has 0 spiro atoms. The van der Waals surface area contributed by atoms with Crippen molar-refractivity contribution in [2.75, 3.05) is 11.9 Å². The molecule has 1 unspecified atom stereocenters. The van der Waals surface area contributed by atoms with Crippen molar-refractivity contribution < 1.29 is 0 Å². The fourth-order valence-corrected chi connectivity index (χ4v) is 3.66. The van der Waals surface area contributed by atoms with E-state index < -0.39 is 0 Å². The van der Waals surface area contributed by atoms with Gasteiger partial charge >= 0.3 is 0 Å². The Hall–Kier alpha value is -1.02. The molecule has 0 radical (unpaired) electrons. The summed E-state index contributed by atoms with van der Waals surface area (Å²) in [6, 6.07) is 8.33. The summed E-state index contributed by atoms with van der Waals surface area (Å²) in [6.45, 7) is 3.39. The van der Waals surface area contributed by atoms with Crippen molar-refractivity contribution in [2.24, 2.45) is 0 Å². The van der Waals surface area contributed by atoms with E-state index in [9.17, 15) is 0 Å². The molecule has 2 heteroatoms. The summed E-state index contributed by atoms with van der Waals surface area (Å²) in [4.78, 5) is 0. The minimum Gasteiger partial charge on any atom is -0.382 e. The summed E-state index contributed by atoms with van der Waals surface area (Å²) in [6.07, 6.45) is 10.8. The van der Waals surface area contributed by atoms with Gasteiger partial charge in [-0.1, -0.05) is 37.8 Å². The molecule has 110 valence electrons. The van der Waals surface area contributed by atoms with Crippen LogP contribution in [0.15, 0.2) is 18.2 Å². The summed E-state index contributed by atoms with van der Waals surface area (Å²) >= 11 is 0. The first-order valence-electron chi connectivity index (χ1n) is 8.43. The zero-order chi connectivity index (χ0) is 13.8. The van der Waals surface area contributed by atoms with Crippen LogP contribution in [-0.4, -0.2) is 18.6 Å². The van der Waals surface area contributed by atoms with Gasteiger partial charge in [0, 0.05) is 17.8 Å². The van der Waals surface area contributed by atoms with Crippen LogP contribution in [0, 0.1) is 0 Å². The van der Waals surface area contributed by atoms with Gasteiger partial charge in [0.15, 0.2) is 0 Å². The standard InChI is InChI=1S/C18H28N2/c1-14-12-16-13-15(8-9-18(16)20-14)10-11-19-17-6-4-2-3-5-7-17/h8-9,13-14,17,19-20H,2-7,10-12H2,1H3. The van der Waals surface area contributed by atoms with Crippen LogP contribution in [0.4, 0.5) is 5.69 Å². The number of nitrogens with one attached hydrogen (secondary N) is 2. The highest BCUT2D eigenvalue weighted by Crippen LogP contribution is 2.26. The number of hydrogen-bond donors (Lipinski definition) is 2. The Balaban J connectivity index is 1.48. The lowest BCUT2D eigenvalue weighted by atomic mass is 10.0. The van der Waals surface area contributed by atoms with Crippen LogP contribution in [0.3, 0.4) is 0 Å². The molecule has 1 atom stereocenters. The summed E-state index contributed by atoms with van der Waals surface area (Å²) in [5, 5.41) is 7.29. The zero-order valence-electron chi connectivity index (χ0n) is 12.8. The molecule has 0 saturated heterocycles. The Kier molecular flexibility index (Phi) is 4.62. The molecule has 0 amide bonds. The van der Waals surface area contributed by atoms with Crippen molar-refractivity contribution >= 4 is 5.69 Å². The van der Waals surface area contributed by atoms with Gasteiger partial charge in [0.1, 0.15) is 0 Å². The molecule has 0 aromatic heterocycles. The highest BCUT2D eigenvalue weighted by Gasteiger charge is 2.16. The second-order valence-corrected chi connectivity index (χ2v) is 6.63. The van der Waals surface area contributed by atoms with Gasteiger partial charge in [-0.3, -0.25) is 0 Å². The maximum atomic E-state index is 3.77. The number of anilines is 1. The number of hydrogen-bond acceptors (Lipinski definition) is 2. The molecule has 1 aliphatic heterocycles. The van der Waals surface area contributed by atoms with Gasteiger partial charge in [0.05, 0.1) is 0 Å². The largest absolute Gasteiger partial charge is 0.382 e. The van der Waals surface area contributed by atoms with Gasteiger partial charge in [0.2, 0.25) is 0 Å². The van der Waals surface area contributed by atoms with Crippen LogP contribution in [0.5, 0.6) is 0 Å². The lowest BCUT2D eigenvalue weighted by Gasteiger charge is -2.16. The third kappa shape index (κ3) is 3.54. The third-order valence-corrected chi connectivity index (χ3v) is 4.80. The quantitative estimate of drug-likeness (QED) is 0.812. The molecule has 20 heavy (non-hydrogen) atoms. The van der Waals surface area contributed by atoms with E-state index in [1.165, 1.54) is 61.8 Å². The summed E-state index contributed by atoms with van der Waals surface area (Å²) in [5.74, 6) is 0. The Morgan fingerprint density at radius 2 is 1.95 bits per heavy atom.